The van der Waals surface area contributed by atoms with Crippen LogP contribution in [0.15, 0.2) is 18.8 Å². The summed E-state index contributed by atoms with van der Waals surface area (Å²) in [5.41, 5.74) is 8.61. The zero-order valence-corrected chi connectivity index (χ0v) is 6.67. The highest BCUT2D eigenvalue weighted by Crippen LogP contribution is 2.07. The number of aryl methyl sites for hydroxylation is 1. The van der Waals surface area contributed by atoms with E-state index in [9.17, 15) is 0 Å². The standard InChI is InChI=1S/C9H12N2/c1-3-8-4-9(5-10)7(2)11-6-8/h3-4,6H,1,5,10H2,2H3. The first-order valence-corrected chi connectivity index (χ1v) is 3.56. The molecule has 0 spiro atoms. The fraction of sp³-hybridized carbons (Fsp3) is 0.222. The maximum absolute atomic E-state index is 5.50. The van der Waals surface area contributed by atoms with Gasteiger partial charge in [0, 0.05) is 18.4 Å². The fourth-order valence-electron chi connectivity index (χ4n) is 0.915. The molecule has 0 atom stereocenters. The molecule has 58 valence electrons. The quantitative estimate of drug-likeness (QED) is 0.690. The molecular formula is C9H12N2. The molecule has 0 bridgehead atoms. The number of hydrogen-bond donors (Lipinski definition) is 1. The Bertz CT molecular complexity index is 266. The summed E-state index contributed by atoms with van der Waals surface area (Å²) in [6.45, 7) is 6.15. The minimum absolute atomic E-state index is 0.542. The van der Waals surface area contributed by atoms with Gasteiger partial charge in [-0.05, 0) is 24.1 Å². The number of aromatic nitrogens is 1. The smallest absolute Gasteiger partial charge is 0.0417 e. The van der Waals surface area contributed by atoms with Crippen molar-refractivity contribution in [2.75, 3.05) is 0 Å². The minimum Gasteiger partial charge on any atom is -0.326 e. The van der Waals surface area contributed by atoms with Gasteiger partial charge in [-0.15, -0.1) is 0 Å². The first-order valence-electron chi connectivity index (χ1n) is 3.56. The van der Waals surface area contributed by atoms with Crippen LogP contribution in [0.4, 0.5) is 0 Å². The van der Waals surface area contributed by atoms with Crippen molar-refractivity contribution < 1.29 is 0 Å². The molecule has 0 aliphatic rings. The van der Waals surface area contributed by atoms with Gasteiger partial charge in [0.25, 0.3) is 0 Å². The highest BCUT2D eigenvalue weighted by molar-refractivity contribution is 5.47. The summed E-state index contributed by atoms with van der Waals surface area (Å²) in [6, 6.07) is 2.01. The average Bonchev–Trinajstić information content (AvgIpc) is 2.05. The monoisotopic (exact) mass is 148 g/mol. The van der Waals surface area contributed by atoms with Crippen molar-refractivity contribution in [3.8, 4) is 0 Å². The molecule has 0 aliphatic heterocycles. The van der Waals surface area contributed by atoms with Gasteiger partial charge in [0.15, 0.2) is 0 Å². The van der Waals surface area contributed by atoms with Crippen molar-refractivity contribution in [3.63, 3.8) is 0 Å². The lowest BCUT2D eigenvalue weighted by molar-refractivity contribution is 1.01. The van der Waals surface area contributed by atoms with E-state index in [1.165, 1.54) is 0 Å². The van der Waals surface area contributed by atoms with E-state index in [1.807, 2.05) is 13.0 Å². The van der Waals surface area contributed by atoms with E-state index in [-0.39, 0.29) is 0 Å². The van der Waals surface area contributed by atoms with Gasteiger partial charge >= 0.3 is 0 Å². The molecule has 0 radical (unpaired) electrons. The van der Waals surface area contributed by atoms with Crippen LogP contribution in [0, 0.1) is 6.92 Å². The first-order chi connectivity index (χ1) is 5.27. The largest absolute Gasteiger partial charge is 0.326 e. The van der Waals surface area contributed by atoms with Gasteiger partial charge in [0.2, 0.25) is 0 Å². The summed E-state index contributed by atoms with van der Waals surface area (Å²) in [7, 11) is 0. The third-order valence-corrected chi connectivity index (χ3v) is 1.67. The van der Waals surface area contributed by atoms with Crippen molar-refractivity contribution in [3.05, 3.63) is 35.7 Å². The van der Waals surface area contributed by atoms with E-state index in [0.29, 0.717) is 6.54 Å². The number of nitrogens with two attached hydrogens (primary N) is 1. The summed E-state index contributed by atoms with van der Waals surface area (Å²) >= 11 is 0. The molecule has 0 aliphatic carbocycles. The normalized spacial score (nSPS) is 9.64. The van der Waals surface area contributed by atoms with Gasteiger partial charge in [0.05, 0.1) is 0 Å². The third-order valence-electron chi connectivity index (χ3n) is 1.67. The maximum Gasteiger partial charge on any atom is 0.0417 e. The second kappa shape index (κ2) is 3.30. The molecule has 1 heterocycles. The van der Waals surface area contributed by atoms with E-state index >= 15 is 0 Å². The molecule has 1 rings (SSSR count). The molecule has 0 fully saturated rings. The predicted molar refractivity (Wildman–Crippen MR) is 47.0 cm³/mol. The SMILES string of the molecule is C=Cc1cnc(C)c(CN)c1. The molecular weight excluding hydrogens is 136 g/mol. The Morgan fingerprint density at radius 1 is 1.73 bits per heavy atom. The van der Waals surface area contributed by atoms with Crippen LogP contribution in [0.25, 0.3) is 6.08 Å². The van der Waals surface area contributed by atoms with Crippen LogP contribution in [0.3, 0.4) is 0 Å². The number of nitrogens with zero attached hydrogens (tertiary/aromatic N) is 1. The maximum atomic E-state index is 5.50. The molecule has 0 amide bonds. The van der Waals surface area contributed by atoms with Crippen LogP contribution >= 0.6 is 0 Å². The van der Waals surface area contributed by atoms with Crippen LogP contribution in [-0.4, -0.2) is 4.98 Å². The van der Waals surface area contributed by atoms with Gasteiger partial charge < -0.3 is 5.73 Å². The topological polar surface area (TPSA) is 38.9 Å². The first kappa shape index (κ1) is 7.95. The zero-order chi connectivity index (χ0) is 8.27. The van der Waals surface area contributed by atoms with Crippen LogP contribution in [-0.2, 0) is 6.54 Å². The van der Waals surface area contributed by atoms with Gasteiger partial charge in [-0.25, -0.2) is 0 Å². The van der Waals surface area contributed by atoms with E-state index < -0.39 is 0 Å². The molecule has 0 saturated heterocycles. The molecule has 1 aromatic rings. The highest BCUT2D eigenvalue weighted by Gasteiger charge is 1.96. The fourth-order valence-corrected chi connectivity index (χ4v) is 0.915. The Labute approximate surface area is 66.8 Å². The lowest BCUT2D eigenvalue weighted by Crippen LogP contribution is -2.00. The molecule has 2 heteroatoms. The van der Waals surface area contributed by atoms with E-state index in [2.05, 4.69) is 11.6 Å². The Kier molecular flexibility index (Phi) is 2.39. The van der Waals surface area contributed by atoms with E-state index in [4.69, 9.17) is 5.73 Å². The lowest BCUT2D eigenvalue weighted by atomic mass is 10.1. The van der Waals surface area contributed by atoms with Crippen LogP contribution in [0.5, 0.6) is 0 Å². The van der Waals surface area contributed by atoms with Crippen LogP contribution < -0.4 is 5.73 Å². The average molecular weight is 148 g/mol. The molecule has 2 N–H and O–H groups in total. The lowest BCUT2D eigenvalue weighted by Gasteiger charge is -2.01. The van der Waals surface area contributed by atoms with Crippen LogP contribution in [0.2, 0.25) is 0 Å². The number of hydrogen-bond acceptors (Lipinski definition) is 2. The number of rotatable bonds is 2. The molecule has 2 nitrogen and oxygen atoms in total. The molecule has 0 aromatic carbocycles. The summed E-state index contributed by atoms with van der Waals surface area (Å²) < 4.78 is 0. The Morgan fingerprint density at radius 2 is 2.45 bits per heavy atom. The second-order valence-electron chi connectivity index (χ2n) is 2.42. The summed E-state index contributed by atoms with van der Waals surface area (Å²) in [6.07, 6.45) is 3.56. The molecule has 0 saturated carbocycles. The summed E-state index contributed by atoms with van der Waals surface area (Å²) in [5, 5.41) is 0. The molecule has 1 aromatic heterocycles. The Morgan fingerprint density at radius 3 is 3.00 bits per heavy atom. The van der Waals surface area contributed by atoms with Crippen molar-refractivity contribution in [2.45, 2.75) is 13.5 Å². The predicted octanol–water partition coefficient (Wildman–Crippen LogP) is 1.49. The van der Waals surface area contributed by atoms with Gasteiger partial charge in [-0.2, -0.15) is 0 Å². The number of pyridine rings is 1. The summed E-state index contributed by atoms with van der Waals surface area (Å²) in [4.78, 5) is 4.17. The molecule has 11 heavy (non-hydrogen) atoms. The van der Waals surface area contributed by atoms with Crippen LogP contribution in [0.1, 0.15) is 16.8 Å². The molecule has 0 unspecified atom stereocenters. The summed E-state index contributed by atoms with van der Waals surface area (Å²) in [5.74, 6) is 0. The Hall–Kier alpha value is -1.15. The van der Waals surface area contributed by atoms with Gasteiger partial charge in [-0.3, -0.25) is 4.98 Å². The van der Waals surface area contributed by atoms with Gasteiger partial charge in [0.1, 0.15) is 0 Å². The Balaban J connectivity index is 3.12. The van der Waals surface area contributed by atoms with E-state index in [0.717, 1.165) is 16.8 Å². The second-order valence-corrected chi connectivity index (χ2v) is 2.42. The van der Waals surface area contributed by atoms with Crippen molar-refractivity contribution in [1.82, 2.24) is 4.98 Å². The van der Waals surface area contributed by atoms with Crippen molar-refractivity contribution in [2.24, 2.45) is 5.73 Å². The van der Waals surface area contributed by atoms with Crippen molar-refractivity contribution >= 4 is 6.08 Å². The minimum atomic E-state index is 0.542. The third kappa shape index (κ3) is 1.65. The van der Waals surface area contributed by atoms with E-state index in [1.54, 1.807) is 12.3 Å². The zero-order valence-electron chi connectivity index (χ0n) is 6.67. The highest BCUT2D eigenvalue weighted by atomic mass is 14.7. The van der Waals surface area contributed by atoms with Crippen molar-refractivity contribution in [1.29, 1.82) is 0 Å². The van der Waals surface area contributed by atoms with Gasteiger partial charge in [-0.1, -0.05) is 12.7 Å².